The minimum Gasteiger partial charge on any atom is -0.493 e. The maximum absolute atomic E-state index is 5.98. The van der Waals surface area contributed by atoms with Crippen molar-refractivity contribution < 1.29 is 9.47 Å². The first-order chi connectivity index (χ1) is 13.0. The van der Waals surface area contributed by atoms with Crippen LogP contribution in [0.4, 0.5) is 0 Å². The monoisotopic (exact) mass is 390 g/mol. The number of rotatable bonds is 9. The molecule has 0 saturated carbocycles. The van der Waals surface area contributed by atoms with Gasteiger partial charge in [-0.15, -0.1) is 11.3 Å². The van der Waals surface area contributed by atoms with E-state index in [1.165, 1.54) is 0 Å². The van der Waals surface area contributed by atoms with Crippen LogP contribution in [-0.2, 0) is 6.54 Å². The summed E-state index contributed by atoms with van der Waals surface area (Å²) in [5.41, 5.74) is 0.999. The molecule has 0 saturated heterocycles. The first kappa shape index (κ1) is 21.0. The minimum absolute atomic E-state index is 0.0445. The summed E-state index contributed by atoms with van der Waals surface area (Å²) >= 11 is 1.69. The van der Waals surface area contributed by atoms with Crippen LogP contribution in [0.5, 0.6) is 11.5 Å². The normalized spacial score (nSPS) is 12.7. The number of hydrogen-bond donors (Lipinski definition) is 2. The van der Waals surface area contributed by atoms with Gasteiger partial charge in [-0.05, 0) is 26.0 Å². The molecular formula is C20H30N4O2S. The number of nitrogens with zero attached hydrogens (tertiary/aromatic N) is 2. The van der Waals surface area contributed by atoms with E-state index in [1.54, 1.807) is 18.4 Å². The molecule has 148 valence electrons. The van der Waals surface area contributed by atoms with E-state index in [1.807, 2.05) is 38.1 Å². The van der Waals surface area contributed by atoms with Crippen LogP contribution in [0, 0.1) is 0 Å². The van der Waals surface area contributed by atoms with E-state index < -0.39 is 0 Å². The van der Waals surface area contributed by atoms with Crippen LogP contribution in [0.3, 0.4) is 0 Å². The molecule has 6 nitrogen and oxygen atoms in total. The van der Waals surface area contributed by atoms with E-state index in [0.29, 0.717) is 19.0 Å². The number of ether oxygens (including phenoxy) is 2. The number of benzene rings is 1. The van der Waals surface area contributed by atoms with Gasteiger partial charge in [0.15, 0.2) is 17.5 Å². The zero-order chi connectivity index (χ0) is 19.6. The molecule has 0 amide bonds. The predicted molar refractivity (Wildman–Crippen MR) is 112 cm³/mol. The van der Waals surface area contributed by atoms with Gasteiger partial charge in [-0.3, -0.25) is 0 Å². The summed E-state index contributed by atoms with van der Waals surface area (Å²) < 4.78 is 11.3. The minimum atomic E-state index is -0.0445. The molecule has 1 unspecified atom stereocenters. The van der Waals surface area contributed by atoms with Gasteiger partial charge < -0.3 is 20.1 Å². The van der Waals surface area contributed by atoms with Crippen molar-refractivity contribution in [3.63, 3.8) is 0 Å². The summed E-state index contributed by atoms with van der Waals surface area (Å²) in [6.07, 6.45) is -0.0445. The molecule has 0 aliphatic rings. The Balaban J connectivity index is 1.90. The average Bonchev–Trinajstić information content (AvgIpc) is 3.14. The van der Waals surface area contributed by atoms with Crippen LogP contribution in [0.1, 0.15) is 44.3 Å². The Labute approximate surface area is 166 Å². The van der Waals surface area contributed by atoms with Crippen molar-refractivity contribution in [2.75, 3.05) is 20.2 Å². The van der Waals surface area contributed by atoms with Gasteiger partial charge in [0, 0.05) is 17.8 Å². The van der Waals surface area contributed by atoms with E-state index in [4.69, 9.17) is 9.47 Å². The van der Waals surface area contributed by atoms with Crippen molar-refractivity contribution in [3.8, 4) is 11.5 Å². The fourth-order valence-electron chi connectivity index (χ4n) is 2.38. The maximum Gasteiger partial charge on any atom is 0.191 e. The Hall–Kier alpha value is -2.28. The number of methoxy groups -OCH3 is 1. The third-order valence-corrected chi connectivity index (χ3v) is 4.96. The number of aliphatic imine (C=N–C) groups is 1. The lowest BCUT2D eigenvalue weighted by Gasteiger charge is -2.19. The molecule has 2 N–H and O–H groups in total. The molecule has 0 bridgehead atoms. The highest BCUT2D eigenvalue weighted by Gasteiger charge is 2.10. The van der Waals surface area contributed by atoms with Crippen LogP contribution < -0.4 is 20.1 Å². The van der Waals surface area contributed by atoms with Crippen LogP contribution in [0.25, 0.3) is 0 Å². The Kier molecular flexibility index (Phi) is 8.39. The van der Waals surface area contributed by atoms with Gasteiger partial charge in [0.2, 0.25) is 0 Å². The third kappa shape index (κ3) is 6.75. The Morgan fingerprint density at radius 2 is 1.93 bits per heavy atom. The third-order valence-electron chi connectivity index (χ3n) is 3.76. The summed E-state index contributed by atoms with van der Waals surface area (Å²) in [4.78, 5) is 9.26. The fraction of sp³-hybridized carbons (Fsp3) is 0.500. The van der Waals surface area contributed by atoms with Crippen LogP contribution >= 0.6 is 11.3 Å². The molecule has 0 aliphatic heterocycles. The highest BCUT2D eigenvalue weighted by atomic mass is 32.1. The molecule has 1 aromatic carbocycles. The molecule has 27 heavy (non-hydrogen) atoms. The predicted octanol–water partition coefficient (Wildman–Crippen LogP) is 3.80. The van der Waals surface area contributed by atoms with E-state index >= 15 is 0 Å². The molecule has 1 aromatic heterocycles. The van der Waals surface area contributed by atoms with Gasteiger partial charge in [0.25, 0.3) is 0 Å². The standard InChI is InChI=1S/C20H30N4O2S/c1-6-21-20(23-12-16-13-27-19(24-16)14(2)3)22-11-15(4)26-18-10-8-7-9-17(18)25-5/h7-10,13-15H,6,11-12H2,1-5H3,(H2,21,22,23). The Morgan fingerprint density at radius 3 is 2.56 bits per heavy atom. The summed E-state index contributed by atoms with van der Waals surface area (Å²) in [5.74, 6) is 2.67. The number of thiazole rings is 1. The Morgan fingerprint density at radius 1 is 1.19 bits per heavy atom. The van der Waals surface area contributed by atoms with Gasteiger partial charge in [0.1, 0.15) is 6.10 Å². The lowest BCUT2D eigenvalue weighted by Crippen LogP contribution is -2.41. The van der Waals surface area contributed by atoms with Crippen molar-refractivity contribution in [1.82, 2.24) is 15.6 Å². The highest BCUT2D eigenvalue weighted by Crippen LogP contribution is 2.26. The van der Waals surface area contributed by atoms with Gasteiger partial charge in [-0.25, -0.2) is 9.98 Å². The molecule has 0 fully saturated rings. The molecule has 1 atom stereocenters. The van der Waals surface area contributed by atoms with Crippen molar-refractivity contribution in [1.29, 1.82) is 0 Å². The largest absolute Gasteiger partial charge is 0.493 e. The molecule has 2 rings (SSSR count). The fourth-order valence-corrected chi connectivity index (χ4v) is 3.20. The van der Waals surface area contributed by atoms with E-state index in [2.05, 4.69) is 39.8 Å². The summed E-state index contributed by atoms with van der Waals surface area (Å²) in [6, 6.07) is 7.65. The first-order valence-electron chi connectivity index (χ1n) is 9.29. The highest BCUT2D eigenvalue weighted by molar-refractivity contribution is 7.09. The summed E-state index contributed by atoms with van der Waals surface area (Å²) in [7, 11) is 1.64. The lowest BCUT2D eigenvalue weighted by atomic mass is 10.2. The molecule has 0 radical (unpaired) electrons. The van der Waals surface area contributed by atoms with Gasteiger partial charge in [0.05, 0.1) is 30.9 Å². The van der Waals surface area contributed by atoms with Crippen molar-refractivity contribution in [3.05, 3.63) is 40.3 Å². The molecule has 0 spiro atoms. The van der Waals surface area contributed by atoms with E-state index in [0.717, 1.165) is 34.7 Å². The Bertz CT molecular complexity index is 730. The molecule has 7 heteroatoms. The number of para-hydroxylation sites is 2. The second-order valence-corrected chi connectivity index (χ2v) is 7.38. The maximum atomic E-state index is 5.98. The zero-order valence-electron chi connectivity index (χ0n) is 16.8. The van der Waals surface area contributed by atoms with Crippen molar-refractivity contribution in [2.24, 2.45) is 4.99 Å². The smallest absolute Gasteiger partial charge is 0.191 e. The van der Waals surface area contributed by atoms with Crippen LogP contribution in [-0.4, -0.2) is 37.2 Å². The van der Waals surface area contributed by atoms with Gasteiger partial charge in [-0.1, -0.05) is 26.0 Å². The first-order valence-corrected chi connectivity index (χ1v) is 10.2. The SMILES string of the molecule is CCNC(=NCc1csc(C(C)C)n1)NCC(C)Oc1ccccc1OC. The van der Waals surface area contributed by atoms with Crippen LogP contribution in [0.2, 0.25) is 0 Å². The van der Waals surface area contributed by atoms with Gasteiger partial charge >= 0.3 is 0 Å². The summed E-state index contributed by atoms with van der Waals surface area (Å²) in [5, 5.41) is 9.81. The molecule has 1 heterocycles. The second kappa shape index (κ2) is 10.8. The lowest BCUT2D eigenvalue weighted by molar-refractivity contribution is 0.213. The van der Waals surface area contributed by atoms with Crippen molar-refractivity contribution in [2.45, 2.75) is 46.3 Å². The van der Waals surface area contributed by atoms with E-state index in [9.17, 15) is 0 Å². The quantitative estimate of drug-likeness (QED) is 0.504. The van der Waals surface area contributed by atoms with Gasteiger partial charge in [-0.2, -0.15) is 0 Å². The van der Waals surface area contributed by atoms with E-state index in [-0.39, 0.29) is 6.10 Å². The topological polar surface area (TPSA) is 67.8 Å². The van der Waals surface area contributed by atoms with Crippen molar-refractivity contribution >= 4 is 17.3 Å². The molecule has 0 aliphatic carbocycles. The number of guanidine groups is 1. The number of aromatic nitrogens is 1. The molecular weight excluding hydrogens is 360 g/mol. The average molecular weight is 391 g/mol. The second-order valence-electron chi connectivity index (χ2n) is 6.49. The zero-order valence-corrected chi connectivity index (χ0v) is 17.6. The van der Waals surface area contributed by atoms with Crippen LogP contribution in [0.15, 0.2) is 34.6 Å². The summed E-state index contributed by atoms with van der Waals surface area (Å²) in [6.45, 7) is 10.3. The number of hydrogen-bond acceptors (Lipinski definition) is 5. The number of nitrogens with one attached hydrogen (secondary N) is 2. The molecule has 2 aromatic rings.